The summed E-state index contributed by atoms with van der Waals surface area (Å²) in [6, 6.07) is 5.25. The number of hydrogen-bond donors (Lipinski definition) is 0. The lowest BCUT2D eigenvalue weighted by Gasteiger charge is -2.10. The van der Waals surface area contributed by atoms with Crippen LogP contribution in [0.25, 0.3) is 17.1 Å². The van der Waals surface area contributed by atoms with E-state index in [0.717, 1.165) is 11.3 Å². The third-order valence-electron chi connectivity index (χ3n) is 3.73. The average molecular weight is 394 g/mol. The summed E-state index contributed by atoms with van der Waals surface area (Å²) in [5.74, 6) is -0.110. The SMILES string of the molecule is CCCS(=O)(=O)c1csc(C(=O)OC)c1-n1nc(C)cc1-c1ccco1. The highest BCUT2D eigenvalue weighted by Gasteiger charge is 2.30. The molecule has 0 aliphatic rings. The molecule has 26 heavy (non-hydrogen) atoms. The number of ether oxygens (including phenoxy) is 1. The summed E-state index contributed by atoms with van der Waals surface area (Å²) in [7, 11) is -2.32. The van der Waals surface area contributed by atoms with Crippen LogP contribution in [0.1, 0.15) is 28.7 Å². The number of thiophene rings is 1. The molecule has 0 N–H and O–H groups in total. The summed E-state index contributed by atoms with van der Waals surface area (Å²) in [6.07, 6.45) is 1.99. The molecule has 3 aromatic rings. The van der Waals surface area contributed by atoms with Gasteiger partial charge in [-0.3, -0.25) is 0 Å². The van der Waals surface area contributed by atoms with Crippen molar-refractivity contribution in [2.24, 2.45) is 0 Å². The maximum atomic E-state index is 12.7. The van der Waals surface area contributed by atoms with E-state index in [0.29, 0.717) is 23.6 Å². The average Bonchev–Trinajstić information content (AvgIpc) is 3.32. The fraction of sp³-hybridized carbons (Fsp3) is 0.294. The number of furan rings is 1. The van der Waals surface area contributed by atoms with Crippen molar-refractivity contribution in [1.29, 1.82) is 0 Å². The van der Waals surface area contributed by atoms with Gasteiger partial charge in [0.15, 0.2) is 15.6 Å². The van der Waals surface area contributed by atoms with Gasteiger partial charge in [-0.15, -0.1) is 11.3 Å². The number of nitrogens with zero attached hydrogens (tertiary/aromatic N) is 2. The van der Waals surface area contributed by atoms with Crippen molar-refractivity contribution < 1.29 is 22.4 Å². The standard InChI is InChI=1S/C17H18N2O5S2/c1-4-8-26(21,22)14-10-25-16(17(20)23-3)15(14)19-12(9-11(2)18-19)13-6-5-7-24-13/h5-7,9-10H,4,8H2,1-3H3. The fourth-order valence-electron chi connectivity index (χ4n) is 2.64. The predicted molar refractivity (Wildman–Crippen MR) is 97.6 cm³/mol. The zero-order chi connectivity index (χ0) is 18.9. The van der Waals surface area contributed by atoms with Gasteiger partial charge < -0.3 is 9.15 Å². The van der Waals surface area contributed by atoms with E-state index in [1.54, 1.807) is 32.0 Å². The minimum Gasteiger partial charge on any atom is -0.465 e. The van der Waals surface area contributed by atoms with Gasteiger partial charge in [0.05, 0.1) is 24.8 Å². The Kier molecular flexibility index (Phi) is 5.01. The molecule has 3 rings (SSSR count). The van der Waals surface area contributed by atoms with Crippen LogP contribution in [-0.2, 0) is 14.6 Å². The lowest BCUT2D eigenvalue weighted by molar-refractivity contribution is 0.0606. The maximum absolute atomic E-state index is 12.7. The molecular weight excluding hydrogens is 376 g/mol. The Morgan fingerprint density at radius 1 is 1.42 bits per heavy atom. The molecule has 0 fully saturated rings. The summed E-state index contributed by atoms with van der Waals surface area (Å²) in [5, 5.41) is 5.88. The zero-order valence-electron chi connectivity index (χ0n) is 14.6. The number of esters is 1. The first-order valence-electron chi connectivity index (χ1n) is 7.92. The first-order valence-corrected chi connectivity index (χ1v) is 10.5. The van der Waals surface area contributed by atoms with E-state index < -0.39 is 15.8 Å². The Labute approximate surface area is 155 Å². The quantitative estimate of drug-likeness (QED) is 0.595. The Morgan fingerprint density at radius 3 is 2.81 bits per heavy atom. The van der Waals surface area contributed by atoms with E-state index in [-0.39, 0.29) is 21.2 Å². The molecule has 0 aliphatic carbocycles. The molecule has 0 unspecified atom stereocenters. The predicted octanol–water partition coefficient (Wildman–Crippen LogP) is 3.47. The molecule has 9 heteroatoms. The van der Waals surface area contributed by atoms with Crippen LogP contribution in [0.5, 0.6) is 0 Å². The van der Waals surface area contributed by atoms with Crippen molar-refractivity contribution in [2.75, 3.05) is 12.9 Å². The number of hydrogen-bond acceptors (Lipinski definition) is 7. The molecular formula is C17H18N2O5S2. The van der Waals surface area contributed by atoms with Crippen LogP contribution in [0.15, 0.2) is 39.2 Å². The van der Waals surface area contributed by atoms with Crippen molar-refractivity contribution in [2.45, 2.75) is 25.2 Å². The van der Waals surface area contributed by atoms with E-state index >= 15 is 0 Å². The molecule has 0 saturated heterocycles. The number of sulfone groups is 1. The van der Waals surface area contributed by atoms with Crippen LogP contribution >= 0.6 is 11.3 Å². The molecule has 0 saturated carbocycles. The topological polar surface area (TPSA) is 91.4 Å². The van der Waals surface area contributed by atoms with Gasteiger partial charge in [0.1, 0.15) is 21.2 Å². The van der Waals surface area contributed by atoms with Gasteiger partial charge in [-0.2, -0.15) is 5.10 Å². The van der Waals surface area contributed by atoms with Crippen LogP contribution in [0.2, 0.25) is 0 Å². The Balaban J connectivity index is 2.31. The largest absolute Gasteiger partial charge is 0.465 e. The third-order valence-corrected chi connectivity index (χ3v) is 6.75. The highest BCUT2D eigenvalue weighted by Crippen LogP contribution is 2.35. The van der Waals surface area contributed by atoms with E-state index in [1.807, 2.05) is 0 Å². The molecule has 0 radical (unpaired) electrons. The molecule has 7 nitrogen and oxygen atoms in total. The normalized spacial score (nSPS) is 11.7. The van der Waals surface area contributed by atoms with Crippen LogP contribution in [0.4, 0.5) is 0 Å². The number of aromatic nitrogens is 2. The van der Waals surface area contributed by atoms with Gasteiger partial charge in [0, 0.05) is 5.38 Å². The van der Waals surface area contributed by atoms with E-state index in [9.17, 15) is 13.2 Å². The van der Waals surface area contributed by atoms with Gasteiger partial charge in [0.25, 0.3) is 0 Å². The van der Waals surface area contributed by atoms with Gasteiger partial charge in [-0.1, -0.05) is 6.92 Å². The second-order valence-corrected chi connectivity index (χ2v) is 8.61. The molecule has 3 heterocycles. The van der Waals surface area contributed by atoms with Gasteiger partial charge in [-0.25, -0.2) is 17.9 Å². The summed E-state index contributed by atoms with van der Waals surface area (Å²) in [4.78, 5) is 12.5. The molecule has 0 spiro atoms. The number of aryl methyl sites for hydroxylation is 1. The zero-order valence-corrected chi connectivity index (χ0v) is 16.2. The Bertz CT molecular complexity index is 1030. The molecule has 0 amide bonds. The fourth-order valence-corrected chi connectivity index (χ4v) is 5.50. The molecule has 0 aliphatic heterocycles. The van der Waals surface area contributed by atoms with Crippen LogP contribution in [0.3, 0.4) is 0 Å². The van der Waals surface area contributed by atoms with Crippen molar-refractivity contribution in [3.05, 3.63) is 40.4 Å². The van der Waals surface area contributed by atoms with Crippen molar-refractivity contribution in [3.63, 3.8) is 0 Å². The van der Waals surface area contributed by atoms with Crippen molar-refractivity contribution >= 4 is 27.1 Å². The lowest BCUT2D eigenvalue weighted by atomic mass is 10.3. The summed E-state index contributed by atoms with van der Waals surface area (Å²) >= 11 is 1.03. The molecule has 0 bridgehead atoms. The highest BCUT2D eigenvalue weighted by atomic mass is 32.2. The van der Waals surface area contributed by atoms with Crippen LogP contribution < -0.4 is 0 Å². The van der Waals surface area contributed by atoms with Crippen molar-refractivity contribution in [1.82, 2.24) is 9.78 Å². The smallest absolute Gasteiger partial charge is 0.350 e. The Morgan fingerprint density at radius 2 is 2.19 bits per heavy atom. The minimum absolute atomic E-state index is 0.0202. The maximum Gasteiger partial charge on any atom is 0.350 e. The number of carbonyl (C=O) groups excluding carboxylic acids is 1. The number of rotatable bonds is 6. The van der Waals surface area contributed by atoms with E-state index in [1.165, 1.54) is 23.4 Å². The second kappa shape index (κ2) is 7.08. The second-order valence-electron chi connectivity index (χ2n) is 5.65. The van der Waals surface area contributed by atoms with Gasteiger partial charge in [0.2, 0.25) is 0 Å². The monoisotopic (exact) mass is 394 g/mol. The Hall–Kier alpha value is -2.39. The summed E-state index contributed by atoms with van der Waals surface area (Å²) in [6.45, 7) is 3.57. The number of carbonyl (C=O) groups is 1. The third kappa shape index (κ3) is 3.19. The lowest BCUT2D eigenvalue weighted by Crippen LogP contribution is -2.13. The van der Waals surface area contributed by atoms with E-state index in [4.69, 9.17) is 9.15 Å². The molecule has 0 atom stereocenters. The first-order chi connectivity index (χ1) is 12.4. The van der Waals surface area contributed by atoms with Crippen molar-refractivity contribution in [3.8, 4) is 17.1 Å². The van der Waals surface area contributed by atoms with Crippen LogP contribution in [-0.4, -0.2) is 37.0 Å². The number of methoxy groups -OCH3 is 1. The van der Waals surface area contributed by atoms with Gasteiger partial charge >= 0.3 is 5.97 Å². The highest BCUT2D eigenvalue weighted by molar-refractivity contribution is 7.91. The van der Waals surface area contributed by atoms with Gasteiger partial charge in [-0.05, 0) is 31.5 Å². The molecule has 138 valence electrons. The molecule has 3 aromatic heterocycles. The minimum atomic E-state index is -3.58. The van der Waals surface area contributed by atoms with Crippen LogP contribution in [0, 0.1) is 6.92 Å². The summed E-state index contributed by atoms with van der Waals surface area (Å²) < 4.78 is 37.2. The summed E-state index contributed by atoms with van der Waals surface area (Å²) in [5.41, 5.74) is 1.43. The van der Waals surface area contributed by atoms with E-state index in [2.05, 4.69) is 5.10 Å². The first kappa shape index (κ1) is 18.4. The molecule has 0 aromatic carbocycles.